The Morgan fingerprint density at radius 1 is 0.833 bits per heavy atom. The van der Waals surface area contributed by atoms with Gasteiger partial charge >= 0.3 is 0 Å². The van der Waals surface area contributed by atoms with Gasteiger partial charge in [0.2, 0.25) is 29.6 Å². The number of halogens is 2. The number of nitrogens with one attached hydrogen (secondary N) is 5. The van der Waals surface area contributed by atoms with Gasteiger partial charge in [0.05, 0.1) is 72.0 Å². The van der Waals surface area contributed by atoms with Crippen molar-refractivity contribution in [3.05, 3.63) is 95.3 Å². The van der Waals surface area contributed by atoms with Gasteiger partial charge in [-0.3, -0.25) is 34.1 Å². The fourth-order valence-corrected chi connectivity index (χ4v) is 11.2. The van der Waals surface area contributed by atoms with Crippen LogP contribution in [0.3, 0.4) is 0 Å². The van der Waals surface area contributed by atoms with Gasteiger partial charge in [-0.1, -0.05) is 97.3 Å². The molecule has 23 heteroatoms. The maximum atomic E-state index is 14.3. The maximum Gasteiger partial charge on any atom is 0.270 e. The van der Waals surface area contributed by atoms with Crippen LogP contribution in [-0.4, -0.2) is 166 Å². The molecule has 1 aliphatic heterocycles. The number of alkyl halides is 2. The molecule has 3 fully saturated rings. The van der Waals surface area contributed by atoms with Crippen LogP contribution in [0.25, 0.3) is 17.3 Å². The zero-order valence-corrected chi connectivity index (χ0v) is 49.4. The summed E-state index contributed by atoms with van der Waals surface area (Å²) in [7, 11) is 4.91. The second-order valence-corrected chi connectivity index (χ2v) is 22.4. The summed E-state index contributed by atoms with van der Waals surface area (Å²) in [5.74, 6) is -3.92. The van der Waals surface area contributed by atoms with E-state index < -0.39 is 35.9 Å². The molecule has 84 heavy (non-hydrogen) atoms. The second kappa shape index (κ2) is 33.1. The Labute approximate surface area is 494 Å². The van der Waals surface area contributed by atoms with Crippen LogP contribution in [0.1, 0.15) is 105 Å². The highest BCUT2D eigenvalue weighted by Crippen LogP contribution is 2.39. The minimum Gasteiger partial charge on any atom is -0.495 e. The van der Waals surface area contributed by atoms with Gasteiger partial charge in [-0.15, -0.1) is 0 Å². The summed E-state index contributed by atoms with van der Waals surface area (Å²) in [6, 6.07) is 16.4. The lowest BCUT2D eigenvalue weighted by atomic mass is 9.83. The first kappa shape index (κ1) is 64.8. The van der Waals surface area contributed by atoms with Crippen molar-refractivity contribution < 1.29 is 61.2 Å². The number of thiazole rings is 1. The first-order chi connectivity index (χ1) is 40.6. The van der Waals surface area contributed by atoms with Crippen molar-refractivity contribution in [3.63, 3.8) is 0 Å². The number of anilines is 2. The lowest BCUT2D eigenvalue weighted by Gasteiger charge is -2.35. The van der Waals surface area contributed by atoms with Gasteiger partial charge in [-0.05, 0) is 81.5 Å². The van der Waals surface area contributed by atoms with E-state index in [1.807, 2.05) is 60.7 Å². The molecule has 2 saturated carbocycles. The molecule has 4 aromatic rings. The van der Waals surface area contributed by atoms with E-state index in [-0.39, 0.29) is 91.9 Å². The molecule has 2 aliphatic carbocycles. The average Bonchev–Trinajstić information content (AvgIpc) is 4.05. The highest BCUT2D eigenvalue weighted by Gasteiger charge is 2.41. The molecule has 5 N–H and O–H groups in total. The van der Waals surface area contributed by atoms with E-state index in [9.17, 15) is 37.5 Å². The van der Waals surface area contributed by atoms with Crippen molar-refractivity contribution in [2.24, 2.45) is 11.8 Å². The van der Waals surface area contributed by atoms with Gasteiger partial charge in [0.25, 0.3) is 11.8 Å². The third-order valence-electron chi connectivity index (χ3n) is 15.3. The molecule has 456 valence electrons. The topological polar surface area (TPSA) is 241 Å². The monoisotopic (exact) mass is 1190 g/mol. The van der Waals surface area contributed by atoms with Crippen molar-refractivity contribution >= 4 is 63.0 Å². The van der Waals surface area contributed by atoms with Gasteiger partial charge in [-0.25, -0.2) is 18.7 Å². The third kappa shape index (κ3) is 19.9. The van der Waals surface area contributed by atoms with Crippen LogP contribution >= 0.6 is 11.3 Å². The van der Waals surface area contributed by atoms with Crippen molar-refractivity contribution in [1.82, 2.24) is 35.7 Å². The van der Waals surface area contributed by atoms with E-state index in [1.165, 1.54) is 13.3 Å². The Balaban J connectivity index is 0.745. The molecule has 0 bridgehead atoms. The Hall–Kier alpha value is -6.76. The molecular formula is C61H81F2N9O11S. The quantitative estimate of drug-likeness (QED) is 0.0311. The van der Waals surface area contributed by atoms with Crippen LogP contribution in [0.4, 0.5) is 18.9 Å². The average molecular weight is 1190 g/mol. The summed E-state index contributed by atoms with van der Waals surface area (Å²) < 4.78 is 55.1. The number of likely N-dealkylation sites (N-methyl/N-ethyl adjacent to an activating group) is 2. The summed E-state index contributed by atoms with van der Waals surface area (Å²) in [6.07, 6.45) is 11.7. The van der Waals surface area contributed by atoms with E-state index in [2.05, 4.69) is 36.6 Å². The fourth-order valence-electron chi connectivity index (χ4n) is 10.3. The first-order valence-electron chi connectivity index (χ1n) is 29.1. The number of allylic oxidation sites excluding steroid dienone is 1. The van der Waals surface area contributed by atoms with Crippen LogP contribution in [0.2, 0.25) is 0 Å². The zero-order chi connectivity index (χ0) is 59.8. The highest BCUT2D eigenvalue weighted by molar-refractivity contribution is 7.20. The summed E-state index contributed by atoms with van der Waals surface area (Å²) in [4.78, 5) is 92.6. The standard InChI is InChI=1S/C61H81F2N9O11S/c1-41(64-2)55(75)68-54(46-17-9-6-10-18-46)59(78)72-26-12-19-49(72)57(77)70-58-53(45-15-7-5-8-16-45)69-60(84-58)67-51(73)40-83-34-33-82-32-31-81-30-29-80-28-27-71(3)52(74)36-43-13-11-14-44(35-43)38-66-56(76)48-37-47(50(79-4)39-65-48)21-20-42-22-24-61(62,63)25-23-42/h5,7-8,11,13-16,20-21,35,37,39,41-42,46,49,54,64H,6,9-10,12,17-19,22-34,36,38,40H2,1-4H3,(H,66,76)(H,68,75)(H,70,77)(H,67,69,73)/b21-20+/t41-,49-,54?/m0/s1. The lowest BCUT2D eigenvalue weighted by Crippen LogP contribution is -2.57. The second-order valence-electron chi connectivity index (χ2n) is 21.4. The highest BCUT2D eigenvalue weighted by atomic mass is 32.1. The molecule has 7 rings (SSSR count). The Morgan fingerprint density at radius 2 is 1.52 bits per heavy atom. The number of benzene rings is 2. The molecular weight excluding hydrogens is 1100 g/mol. The molecule has 3 heterocycles. The number of hydrogen-bond donors (Lipinski definition) is 5. The SMILES string of the molecule is CN[C@@H](C)C(=O)NC(C(=O)N1CCC[C@H]1C(=O)Nc1sc(NC(=O)COCCOCCOCCOCCN(C)C(=O)Cc2cccc(CNC(=O)c3cc(/C=C/C4CCC(F)(F)CC4)c(OC)cn3)c2)nc1-c1ccccc1)C1CCCCC1. The largest absolute Gasteiger partial charge is 0.495 e. The fraction of sp³-hybridized carbons (Fsp3) is 0.541. The molecule has 0 spiro atoms. The smallest absolute Gasteiger partial charge is 0.270 e. The minimum absolute atomic E-state index is 0.0104. The number of carbonyl (C=O) groups is 6. The summed E-state index contributed by atoms with van der Waals surface area (Å²) >= 11 is 1.11. The molecule has 3 aliphatic rings. The van der Waals surface area contributed by atoms with Crippen LogP contribution in [-0.2, 0) is 55.9 Å². The van der Waals surface area contributed by atoms with Gasteiger partial charge < -0.3 is 54.8 Å². The number of carbonyl (C=O) groups excluding carboxylic acids is 6. The first-order valence-corrected chi connectivity index (χ1v) is 29.9. The number of rotatable bonds is 31. The van der Waals surface area contributed by atoms with Crippen molar-refractivity contribution in [2.45, 2.75) is 115 Å². The number of hydrogen-bond acceptors (Lipinski definition) is 15. The Kier molecular flexibility index (Phi) is 25.5. The minimum atomic E-state index is -2.61. The van der Waals surface area contributed by atoms with Crippen molar-refractivity contribution in [3.8, 4) is 17.0 Å². The number of nitrogens with zero attached hydrogens (tertiary/aromatic N) is 4. The predicted molar refractivity (Wildman–Crippen MR) is 316 cm³/mol. The van der Waals surface area contributed by atoms with Crippen LogP contribution in [0.5, 0.6) is 5.75 Å². The van der Waals surface area contributed by atoms with E-state index >= 15 is 0 Å². The van der Waals surface area contributed by atoms with E-state index in [0.717, 1.165) is 60.1 Å². The number of likely N-dealkylation sites (tertiary alicyclic amines) is 1. The van der Waals surface area contributed by atoms with Crippen LogP contribution in [0, 0.1) is 11.8 Å². The van der Waals surface area contributed by atoms with E-state index in [4.69, 9.17) is 23.7 Å². The number of amides is 6. The lowest BCUT2D eigenvalue weighted by molar-refractivity contribution is -0.142. The maximum absolute atomic E-state index is 14.3. The van der Waals surface area contributed by atoms with E-state index in [1.54, 1.807) is 43.0 Å². The van der Waals surface area contributed by atoms with Crippen molar-refractivity contribution in [2.75, 3.05) is 97.8 Å². The molecule has 1 saturated heterocycles. The molecule has 2 aromatic heterocycles. The number of methoxy groups -OCH3 is 1. The normalized spacial score (nSPS) is 17.1. The van der Waals surface area contributed by atoms with Crippen LogP contribution in [0.15, 0.2) is 72.9 Å². The number of aromatic nitrogens is 2. The van der Waals surface area contributed by atoms with Gasteiger partial charge in [-0.2, -0.15) is 0 Å². The number of ether oxygens (including phenoxy) is 5. The number of pyridine rings is 1. The molecule has 3 atom stereocenters. The summed E-state index contributed by atoms with van der Waals surface area (Å²) in [5, 5.41) is 15.3. The molecule has 0 radical (unpaired) electrons. The zero-order valence-electron chi connectivity index (χ0n) is 48.6. The van der Waals surface area contributed by atoms with Crippen LogP contribution < -0.4 is 31.3 Å². The molecule has 6 amide bonds. The van der Waals surface area contributed by atoms with Gasteiger partial charge in [0.15, 0.2) is 5.13 Å². The third-order valence-corrected chi connectivity index (χ3v) is 16.2. The summed E-state index contributed by atoms with van der Waals surface area (Å²) in [5.41, 5.74) is 3.61. The predicted octanol–water partition coefficient (Wildman–Crippen LogP) is 7.29. The Morgan fingerprint density at radius 3 is 2.23 bits per heavy atom. The molecule has 20 nitrogen and oxygen atoms in total. The van der Waals surface area contributed by atoms with Gasteiger partial charge in [0.1, 0.15) is 40.8 Å². The van der Waals surface area contributed by atoms with Gasteiger partial charge in [0, 0.05) is 50.7 Å². The summed E-state index contributed by atoms with van der Waals surface area (Å²) in [6.45, 7) is 4.42. The Bertz CT molecular complexity index is 2830. The van der Waals surface area contributed by atoms with E-state index in [0.29, 0.717) is 93.8 Å². The van der Waals surface area contributed by atoms with Crippen molar-refractivity contribution in [1.29, 1.82) is 0 Å². The molecule has 1 unspecified atom stereocenters. The molecule has 2 aromatic carbocycles.